The maximum Gasteiger partial charge on any atom is 0.194 e. The van der Waals surface area contributed by atoms with Gasteiger partial charge in [0, 0.05) is 26.2 Å². The van der Waals surface area contributed by atoms with E-state index in [9.17, 15) is 0 Å². The number of nitrogens with one attached hydrogen (secondary N) is 1. The predicted octanol–water partition coefficient (Wildman–Crippen LogP) is 2.98. The number of benzene rings is 1. The van der Waals surface area contributed by atoms with Gasteiger partial charge in [0.15, 0.2) is 17.5 Å². The number of likely N-dealkylation sites (N-methyl/N-ethyl adjacent to an activating group) is 1. The number of aliphatic imine (C=N–C) groups is 1. The van der Waals surface area contributed by atoms with Crippen molar-refractivity contribution < 1.29 is 9.47 Å². The van der Waals surface area contributed by atoms with E-state index < -0.39 is 0 Å². The van der Waals surface area contributed by atoms with Gasteiger partial charge in [-0.2, -0.15) is 0 Å². The van der Waals surface area contributed by atoms with E-state index >= 15 is 0 Å². The van der Waals surface area contributed by atoms with Gasteiger partial charge in [0.25, 0.3) is 0 Å². The van der Waals surface area contributed by atoms with E-state index in [1.165, 1.54) is 12.8 Å². The van der Waals surface area contributed by atoms with Gasteiger partial charge in [-0.1, -0.05) is 19.9 Å². The number of rotatable bonds is 10. The second-order valence-electron chi connectivity index (χ2n) is 6.72. The van der Waals surface area contributed by atoms with Crippen molar-refractivity contribution in [3.63, 3.8) is 0 Å². The molecule has 27 heavy (non-hydrogen) atoms. The molecule has 1 aromatic rings. The summed E-state index contributed by atoms with van der Waals surface area (Å²) in [5.41, 5.74) is 1.12. The first kappa shape index (κ1) is 21.4. The Morgan fingerprint density at radius 3 is 2.52 bits per heavy atom. The smallest absolute Gasteiger partial charge is 0.194 e. The van der Waals surface area contributed by atoms with Crippen LogP contribution in [-0.4, -0.2) is 68.7 Å². The molecule has 0 atom stereocenters. The summed E-state index contributed by atoms with van der Waals surface area (Å²) < 4.78 is 11.5. The van der Waals surface area contributed by atoms with Gasteiger partial charge < -0.3 is 24.6 Å². The van der Waals surface area contributed by atoms with Gasteiger partial charge in [0.1, 0.15) is 6.61 Å². The fourth-order valence-corrected chi connectivity index (χ4v) is 3.28. The zero-order chi connectivity index (χ0) is 19.5. The van der Waals surface area contributed by atoms with Crippen LogP contribution < -0.4 is 14.8 Å². The summed E-state index contributed by atoms with van der Waals surface area (Å²) in [4.78, 5) is 9.49. The summed E-state index contributed by atoms with van der Waals surface area (Å²) in [6, 6.07) is 6.10. The maximum absolute atomic E-state index is 5.94. The van der Waals surface area contributed by atoms with Crippen LogP contribution in [0.25, 0.3) is 0 Å². The van der Waals surface area contributed by atoms with Crippen LogP contribution in [-0.2, 0) is 6.54 Å². The minimum atomic E-state index is 0.634. The molecule has 1 aromatic carbocycles. The standard InChI is InChI=1S/C21H36N4O2/c1-5-22-21(25-12-8-9-13-25)23-17-18-10-11-19(20(16-18)26-4)27-15-14-24(6-2)7-3/h10-11,16H,5-9,12-15,17H2,1-4H3,(H,22,23). The number of guanidine groups is 1. The number of likely N-dealkylation sites (tertiary alicyclic amines) is 1. The molecule has 0 aliphatic carbocycles. The molecule has 0 unspecified atom stereocenters. The number of hydrogen-bond acceptors (Lipinski definition) is 4. The fourth-order valence-electron chi connectivity index (χ4n) is 3.28. The number of methoxy groups -OCH3 is 1. The lowest BCUT2D eigenvalue weighted by Crippen LogP contribution is -2.39. The molecule has 0 aromatic heterocycles. The monoisotopic (exact) mass is 376 g/mol. The van der Waals surface area contributed by atoms with Crippen molar-refractivity contribution in [3.05, 3.63) is 23.8 Å². The summed E-state index contributed by atoms with van der Waals surface area (Å²) in [5.74, 6) is 2.57. The molecule has 2 rings (SSSR count). The molecule has 1 saturated heterocycles. The minimum absolute atomic E-state index is 0.634. The summed E-state index contributed by atoms with van der Waals surface area (Å²) in [5, 5.41) is 3.40. The average Bonchev–Trinajstić information content (AvgIpc) is 3.23. The molecule has 152 valence electrons. The van der Waals surface area contributed by atoms with Crippen LogP contribution in [0.1, 0.15) is 39.2 Å². The van der Waals surface area contributed by atoms with Crippen LogP contribution in [0, 0.1) is 0 Å². The second-order valence-corrected chi connectivity index (χ2v) is 6.72. The first-order chi connectivity index (χ1) is 13.2. The van der Waals surface area contributed by atoms with Crippen molar-refractivity contribution >= 4 is 5.96 Å². The summed E-state index contributed by atoms with van der Waals surface area (Å²) in [6.45, 7) is 13.8. The Kier molecular flexibility index (Phi) is 9.25. The SMILES string of the molecule is CCNC(=NCc1ccc(OCCN(CC)CC)c(OC)c1)N1CCCC1. The molecule has 1 aliphatic heterocycles. The van der Waals surface area contributed by atoms with Crippen LogP contribution in [0.15, 0.2) is 23.2 Å². The molecular formula is C21H36N4O2. The molecule has 0 spiro atoms. The largest absolute Gasteiger partial charge is 0.493 e. The van der Waals surface area contributed by atoms with E-state index in [2.05, 4.69) is 42.0 Å². The quantitative estimate of drug-likeness (QED) is 0.503. The normalized spacial score (nSPS) is 14.7. The molecular weight excluding hydrogens is 340 g/mol. The molecule has 1 aliphatic rings. The van der Waals surface area contributed by atoms with Crippen LogP contribution >= 0.6 is 0 Å². The number of nitrogens with zero attached hydrogens (tertiary/aromatic N) is 3. The van der Waals surface area contributed by atoms with Gasteiger partial charge in [-0.05, 0) is 50.6 Å². The Labute approximate surface area is 164 Å². The van der Waals surface area contributed by atoms with Crippen molar-refractivity contribution in [1.29, 1.82) is 0 Å². The van der Waals surface area contributed by atoms with E-state index in [0.717, 1.165) is 62.3 Å². The maximum atomic E-state index is 5.94. The highest BCUT2D eigenvalue weighted by molar-refractivity contribution is 5.80. The first-order valence-corrected chi connectivity index (χ1v) is 10.3. The Bertz CT molecular complexity index is 582. The van der Waals surface area contributed by atoms with Gasteiger partial charge in [-0.3, -0.25) is 0 Å². The first-order valence-electron chi connectivity index (χ1n) is 10.3. The summed E-state index contributed by atoms with van der Waals surface area (Å²) in [6.07, 6.45) is 2.50. The van der Waals surface area contributed by atoms with Crippen molar-refractivity contribution in [3.8, 4) is 11.5 Å². The third kappa shape index (κ3) is 6.61. The van der Waals surface area contributed by atoms with E-state index in [4.69, 9.17) is 14.5 Å². The topological polar surface area (TPSA) is 49.3 Å². The van der Waals surface area contributed by atoms with E-state index in [1.807, 2.05) is 12.1 Å². The van der Waals surface area contributed by atoms with Crippen LogP contribution in [0.5, 0.6) is 11.5 Å². The van der Waals surface area contributed by atoms with E-state index in [-0.39, 0.29) is 0 Å². The molecule has 1 heterocycles. The summed E-state index contributed by atoms with van der Waals surface area (Å²) in [7, 11) is 1.69. The van der Waals surface area contributed by atoms with E-state index in [0.29, 0.717) is 13.2 Å². The molecule has 0 saturated carbocycles. The van der Waals surface area contributed by atoms with Crippen molar-refractivity contribution in [2.24, 2.45) is 4.99 Å². The number of hydrogen-bond donors (Lipinski definition) is 1. The van der Waals surface area contributed by atoms with Crippen molar-refractivity contribution in [2.75, 3.05) is 53.0 Å². The van der Waals surface area contributed by atoms with Gasteiger partial charge >= 0.3 is 0 Å². The number of ether oxygens (including phenoxy) is 2. The van der Waals surface area contributed by atoms with Crippen LogP contribution in [0.3, 0.4) is 0 Å². The highest BCUT2D eigenvalue weighted by Crippen LogP contribution is 2.28. The third-order valence-electron chi connectivity index (χ3n) is 4.94. The predicted molar refractivity (Wildman–Crippen MR) is 112 cm³/mol. The molecule has 0 radical (unpaired) electrons. The van der Waals surface area contributed by atoms with Crippen molar-refractivity contribution in [2.45, 2.75) is 40.2 Å². The average molecular weight is 377 g/mol. The Morgan fingerprint density at radius 2 is 1.89 bits per heavy atom. The van der Waals surface area contributed by atoms with E-state index in [1.54, 1.807) is 7.11 Å². The Morgan fingerprint density at radius 1 is 1.15 bits per heavy atom. The van der Waals surface area contributed by atoms with Crippen LogP contribution in [0.2, 0.25) is 0 Å². The fraction of sp³-hybridized carbons (Fsp3) is 0.667. The third-order valence-corrected chi connectivity index (χ3v) is 4.94. The highest BCUT2D eigenvalue weighted by Gasteiger charge is 2.15. The molecule has 0 amide bonds. The molecule has 0 bridgehead atoms. The Balaban J connectivity index is 1.98. The zero-order valence-corrected chi connectivity index (χ0v) is 17.5. The minimum Gasteiger partial charge on any atom is -0.493 e. The second kappa shape index (κ2) is 11.7. The lowest BCUT2D eigenvalue weighted by atomic mass is 10.2. The van der Waals surface area contributed by atoms with Gasteiger partial charge in [0.2, 0.25) is 0 Å². The lowest BCUT2D eigenvalue weighted by Gasteiger charge is -2.21. The lowest BCUT2D eigenvalue weighted by molar-refractivity contribution is 0.217. The summed E-state index contributed by atoms with van der Waals surface area (Å²) >= 11 is 0. The molecule has 6 heteroatoms. The van der Waals surface area contributed by atoms with Crippen molar-refractivity contribution in [1.82, 2.24) is 15.1 Å². The van der Waals surface area contributed by atoms with Gasteiger partial charge in [0.05, 0.1) is 13.7 Å². The van der Waals surface area contributed by atoms with Gasteiger partial charge in [-0.25, -0.2) is 4.99 Å². The molecule has 1 N–H and O–H groups in total. The highest BCUT2D eigenvalue weighted by atomic mass is 16.5. The molecule has 6 nitrogen and oxygen atoms in total. The van der Waals surface area contributed by atoms with Crippen LogP contribution in [0.4, 0.5) is 0 Å². The van der Waals surface area contributed by atoms with Gasteiger partial charge in [-0.15, -0.1) is 0 Å². The molecule has 1 fully saturated rings. The zero-order valence-electron chi connectivity index (χ0n) is 17.5. The Hall–Kier alpha value is -1.95.